The third-order valence-corrected chi connectivity index (χ3v) is 5.34. The van der Waals surface area contributed by atoms with Crippen LogP contribution in [0, 0.1) is 5.41 Å². The van der Waals surface area contributed by atoms with Crippen LogP contribution in [0.5, 0.6) is 0 Å². The lowest BCUT2D eigenvalue weighted by molar-refractivity contribution is -0.159. The number of likely N-dealkylation sites (tertiary alicyclic amines) is 1. The summed E-state index contributed by atoms with van der Waals surface area (Å²) in [7, 11) is 0. The molecule has 1 fully saturated rings. The van der Waals surface area contributed by atoms with Crippen LogP contribution in [0.25, 0.3) is 0 Å². The van der Waals surface area contributed by atoms with E-state index in [0.29, 0.717) is 38.4 Å². The summed E-state index contributed by atoms with van der Waals surface area (Å²) in [6, 6.07) is 10.1. The highest BCUT2D eigenvalue weighted by atomic mass is 16.5. The van der Waals surface area contributed by atoms with E-state index in [4.69, 9.17) is 9.47 Å². The maximum absolute atomic E-state index is 13.0. The van der Waals surface area contributed by atoms with E-state index in [9.17, 15) is 9.59 Å². The number of aromatic nitrogens is 2. The number of nitrogens with one attached hydrogen (secondary N) is 1. The second-order valence-corrected chi connectivity index (χ2v) is 7.47. The number of hydrogen-bond donors (Lipinski definition) is 1. The first-order valence-corrected chi connectivity index (χ1v) is 10.2. The van der Waals surface area contributed by atoms with Gasteiger partial charge in [-0.05, 0) is 45.2 Å². The Labute approximate surface area is 171 Å². The molecule has 2 aromatic rings. The fourth-order valence-corrected chi connectivity index (χ4v) is 4.07. The first-order valence-electron chi connectivity index (χ1n) is 10.2. The molecule has 1 atom stereocenters. The molecule has 1 aromatic heterocycles. The Hall–Kier alpha value is -2.67. The third-order valence-electron chi connectivity index (χ3n) is 5.34. The Bertz CT molecular complexity index is 820. The molecule has 0 amide bonds. The second kappa shape index (κ2) is 9.69. The highest BCUT2D eigenvalue weighted by Crippen LogP contribution is 2.36. The molecular weight excluding hydrogens is 370 g/mol. The second-order valence-electron chi connectivity index (χ2n) is 7.47. The van der Waals surface area contributed by atoms with Crippen molar-refractivity contribution in [3.63, 3.8) is 0 Å². The summed E-state index contributed by atoms with van der Waals surface area (Å²) in [4.78, 5) is 27.3. The van der Waals surface area contributed by atoms with E-state index in [1.165, 1.54) is 0 Å². The van der Waals surface area contributed by atoms with E-state index in [2.05, 4.69) is 27.2 Å². The zero-order valence-corrected chi connectivity index (χ0v) is 17.1. The Morgan fingerprint density at radius 3 is 2.66 bits per heavy atom. The molecule has 1 saturated heterocycles. The minimum atomic E-state index is -0.594. The average molecular weight is 399 g/mol. The summed E-state index contributed by atoms with van der Waals surface area (Å²) < 4.78 is 10.6. The lowest BCUT2D eigenvalue weighted by Gasteiger charge is -2.41. The molecule has 7 nitrogen and oxygen atoms in total. The van der Waals surface area contributed by atoms with Gasteiger partial charge in [-0.25, -0.2) is 4.79 Å². The molecule has 1 N–H and O–H groups in total. The number of aromatic amines is 1. The molecule has 1 aromatic carbocycles. The highest BCUT2D eigenvalue weighted by Gasteiger charge is 2.43. The molecule has 29 heavy (non-hydrogen) atoms. The van der Waals surface area contributed by atoms with Gasteiger partial charge in [0.05, 0.1) is 24.8 Å². The number of esters is 2. The quantitative estimate of drug-likeness (QED) is 0.687. The van der Waals surface area contributed by atoms with Gasteiger partial charge in [-0.15, -0.1) is 0 Å². The molecule has 1 aliphatic heterocycles. The van der Waals surface area contributed by atoms with Crippen molar-refractivity contribution in [2.45, 2.75) is 39.7 Å². The number of piperidine rings is 1. The smallest absolute Gasteiger partial charge is 0.356 e. The normalized spacial score (nSPS) is 19.7. The van der Waals surface area contributed by atoms with Gasteiger partial charge >= 0.3 is 11.9 Å². The third kappa shape index (κ3) is 5.03. The number of carbonyl (C=O) groups excluding carboxylic acids is 2. The van der Waals surface area contributed by atoms with Crippen LogP contribution in [0.3, 0.4) is 0 Å². The van der Waals surface area contributed by atoms with Gasteiger partial charge in [-0.3, -0.25) is 14.8 Å². The van der Waals surface area contributed by atoms with Crippen LogP contribution in [0.2, 0.25) is 0 Å². The number of ether oxygens (including phenoxy) is 2. The molecule has 0 spiro atoms. The average Bonchev–Trinajstić information content (AvgIpc) is 3.17. The van der Waals surface area contributed by atoms with Gasteiger partial charge in [0.25, 0.3) is 0 Å². The molecular formula is C22H29N3O4. The monoisotopic (exact) mass is 399 g/mol. The zero-order valence-electron chi connectivity index (χ0n) is 17.1. The first kappa shape index (κ1) is 21.0. The van der Waals surface area contributed by atoms with Crippen LogP contribution in [-0.4, -0.2) is 53.3 Å². The lowest BCUT2D eigenvalue weighted by atomic mass is 9.75. The van der Waals surface area contributed by atoms with Gasteiger partial charge < -0.3 is 9.47 Å². The van der Waals surface area contributed by atoms with Crippen molar-refractivity contribution in [1.29, 1.82) is 0 Å². The molecule has 0 bridgehead atoms. The van der Waals surface area contributed by atoms with Gasteiger partial charge in [-0.2, -0.15) is 5.10 Å². The number of nitrogens with zero attached hydrogens (tertiary/aromatic N) is 2. The molecule has 3 rings (SSSR count). The summed E-state index contributed by atoms with van der Waals surface area (Å²) in [5, 5.41) is 6.76. The van der Waals surface area contributed by atoms with E-state index < -0.39 is 11.4 Å². The Morgan fingerprint density at radius 1 is 1.17 bits per heavy atom. The van der Waals surface area contributed by atoms with E-state index in [0.717, 1.165) is 30.5 Å². The van der Waals surface area contributed by atoms with Gasteiger partial charge in [-0.1, -0.05) is 30.3 Å². The lowest BCUT2D eigenvalue weighted by Crippen LogP contribution is -2.49. The van der Waals surface area contributed by atoms with Crippen LogP contribution < -0.4 is 0 Å². The van der Waals surface area contributed by atoms with Gasteiger partial charge in [0.1, 0.15) is 5.69 Å². The Morgan fingerprint density at radius 2 is 1.93 bits per heavy atom. The minimum absolute atomic E-state index is 0.147. The van der Waals surface area contributed by atoms with Crippen molar-refractivity contribution in [2.75, 3.05) is 26.3 Å². The standard InChI is InChI=1S/C22H29N3O4/c1-3-28-20(26)19-18(14-23-24-19)15-25-12-8-11-22(16-25,21(27)29-4-2)13-17-9-6-5-7-10-17/h5-7,9-10,14H,3-4,8,11-13,15-16H2,1-2H3,(H,23,24)/t22-/m0/s1. The highest BCUT2D eigenvalue weighted by molar-refractivity contribution is 5.88. The zero-order chi connectivity index (χ0) is 20.7. The van der Waals surface area contributed by atoms with Crippen molar-refractivity contribution < 1.29 is 19.1 Å². The predicted octanol–water partition coefficient (Wildman–Crippen LogP) is 2.97. The number of H-pyrrole nitrogens is 1. The fourth-order valence-electron chi connectivity index (χ4n) is 4.07. The Kier molecular flexibility index (Phi) is 7.04. The summed E-state index contributed by atoms with van der Waals surface area (Å²) in [5.41, 5.74) is 1.69. The summed E-state index contributed by atoms with van der Waals surface area (Å²) in [6.07, 6.45) is 3.97. The molecule has 1 aliphatic rings. The van der Waals surface area contributed by atoms with E-state index in [-0.39, 0.29) is 5.97 Å². The molecule has 156 valence electrons. The maximum atomic E-state index is 13.0. The predicted molar refractivity (Wildman–Crippen MR) is 108 cm³/mol. The van der Waals surface area contributed by atoms with Crippen molar-refractivity contribution in [2.24, 2.45) is 5.41 Å². The first-order chi connectivity index (χ1) is 14.1. The van der Waals surface area contributed by atoms with Crippen LogP contribution in [0.4, 0.5) is 0 Å². The van der Waals surface area contributed by atoms with E-state index in [1.807, 2.05) is 25.1 Å². The van der Waals surface area contributed by atoms with Crippen LogP contribution in [0.15, 0.2) is 36.5 Å². The number of carbonyl (C=O) groups is 2. The van der Waals surface area contributed by atoms with Gasteiger partial charge in [0, 0.05) is 18.7 Å². The van der Waals surface area contributed by atoms with Gasteiger partial charge in [0.2, 0.25) is 0 Å². The molecule has 0 unspecified atom stereocenters. The number of rotatable bonds is 8. The van der Waals surface area contributed by atoms with Gasteiger partial charge in [0.15, 0.2) is 0 Å². The number of benzene rings is 1. The van der Waals surface area contributed by atoms with E-state index in [1.54, 1.807) is 13.1 Å². The van der Waals surface area contributed by atoms with Crippen LogP contribution in [-0.2, 0) is 27.2 Å². The summed E-state index contributed by atoms with van der Waals surface area (Å²) >= 11 is 0. The van der Waals surface area contributed by atoms with Crippen molar-refractivity contribution in [1.82, 2.24) is 15.1 Å². The number of hydrogen-bond acceptors (Lipinski definition) is 6. The summed E-state index contributed by atoms with van der Waals surface area (Å²) in [5.74, 6) is -0.552. The largest absolute Gasteiger partial charge is 0.466 e. The maximum Gasteiger partial charge on any atom is 0.356 e. The molecule has 0 aliphatic carbocycles. The van der Waals surface area contributed by atoms with Crippen LogP contribution >= 0.6 is 0 Å². The molecule has 7 heteroatoms. The van der Waals surface area contributed by atoms with Crippen LogP contribution in [0.1, 0.15) is 48.3 Å². The van der Waals surface area contributed by atoms with E-state index >= 15 is 0 Å². The topological polar surface area (TPSA) is 84.5 Å². The molecule has 0 radical (unpaired) electrons. The Balaban J connectivity index is 1.79. The van der Waals surface area contributed by atoms with Crippen molar-refractivity contribution in [3.05, 3.63) is 53.3 Å². The minimum Gasteiger partial charge on any atom is -0.466 e. The summed E-state index contributed by atoms with van der Waals surface area (Å²) in [6.45, 7) is 6.24. The van der Waals surface area contributed by atoms with Crippen molar-refractivity contribution >= 4 is 11.9 Å². The fraction of sp³-hybridized carbons (Fsp3) is 0.500. The SMILES string of the molecule is CCOC(=O)c1[nH]ncc1CN1CCC[C@@](Cc2ccccc2)(C(=O)OCC)C1. The molecule has 2 heterocycles. The van der Waals surface area contributed by atoms with Crippen molar-refractivity contribution in [3.8, 4) is 0 Å². The molecule has 0 saturated carbocycles.